The van der Waals surface area contributed by atoms with E-state index < -0.39 is 0 Å². The number of ether oxygens (including phenoxy) is 2. The zero-order valence-electron chi connectivity index (χ0n) is 13.7. The van der Waals surface area contributed by atoms with Crippen molar-refractivity contribution in [2.45, 2.75) is 38.9 Å². The quantitative estimate of drug-likeness (QED) is 0.932. The van der Waals surface area contributed by atoms with Crippen LogP contribution in [0.15, 0.2) is 18.2 Å². The highest BCUT2D eigenvalue weighted by Gasteiger charge is 2.53. The van der Waals surface area contributed by atoms with E-state index >= 15 is 0 Å². The summed E-state index contributed by atoms with van der Waals surface area (Å²) in [7, 11) is 0. The van der Waals surface area contributed by atoms with Crippen molar-refractivity contribution in [3.05, 3.63) is 23.8 Å². The predicted octanol–water partition coefficient (Wildman–Crippen LogP) is 3.03. The third kappa shape index (κ3) is 2.57. The van der Waals surface area contributed by atoms with Gasteiger partial charge in [-0.05, 0) is 38.3 Å². The van der Waals surface area contributed by atoms with Gasteiger partial charge < -0.3 is 19.7 Å². The monoisotopic (exact) mass is 316 g/mol. The minimum absolute atomic E-state index is 0.00917. The molecule has 5 nitrogen and oxygen atoms in total. The molecule has 3 aliphatic heterocycles. The van der Waals surface area contributed by atoms with Crippen LogP contribution in [0.5, 0.6) is 5.75 Å². The number of carbonyl (C=O) groups excluding carboxylic acids is 1. The molecule has 1 aromatic rings. The number of urea groups is 1. The maximum absolute atomic E-state index is 12.6. The van der Waals surface area contributed by atoms with Gasteiger partial charge in [-0.25, -0.2) is 4.79 Å². The first-order valence-electron chi connectivity index (χ1n) is 8.60. The Labute approximate surface area is 136 Å². The number of hydrogen-bond acceptors (Lipinski definition) is 3. The molecule has 0 saturated carbocycles. The number of anilines is 1. The van der Waals surface area contributed by atoms with Gasteiger partial charge in [0.15, 0.2) is 0 Å². The molecule has 0 unspecified atom stereocenters. The number of fused-ring (bicyclic) bond motifs is 5. The molecular formula is C18H24N2O3. The molecule has 0 aromatic heterocycles. The lowest BCUT2D eigenvalue weighted by atomic mass is 9.82. The van der Waals surface area contributed by atoms with E-state index in [2.05, 4.69) is 5.32 Å². The van der Waals surface area contributed by atoms with Crippen LogP contribution in [-0.2, 0) is 4.74 Å². The normalized spacial score (nSPS) is 31.3. The molecule has 2 amide bonds. The SMILES string of the molecule is CCOc1cc(NC(=O)N2C[C@@H]3[C@H](C2)[C@H]2CC[C@H]3O2)ccc1C. The Morgan fingerprint density at radius 1 is 1.30 bits per heavy atom. The fourth-order valence-electron chi connectivity index (χ4n) is 4.32. The molecule has 3 saturated heterocycles. The Bertz CT molecular complexity index is 600. The van der Waals surface area contributed by atoms with Gasteiger partial charge in [0, 0.05) is 36.7 Å². The lowest BCUT2D eigenvalue weighted by Crippen LogP contribution is -2.35. The van der Waals surface area contributed by atoms with E-state index in [1.807, 2.05) is 36.9 Å². The summed E-state index contributed by atoms with van der Waals surface area (Å²) in [6.45, 7) is 6.23. The number of benzene rings is 1. The van der Waals surface area contributed by atoms with Gasteiger partial charge in [0.25, 0.3) is 0 Å². The third-order valence-corrected chi connectivity index (χ3v) is 5.48. The van der Waals surface area contributed by atoms with Gasteiger partial charge in [0.2, 0.25) is 0 Å². The van der Waals surface area contributed by atoms with Crippen LogP contribution in [0.4, 0.5) is 10.5 Å². The maximum Gasteiger partial charge on any atom is 0.321 e. The highest BCUT2D eigenvalue weighted by molar-refractivity contribution is 5.89. The molecule has 1 aromatic carbocycles. The molecule has 0 radical (unpaired) electrons. The van der Waals surface area contributed by atoms with E-state index in [0.29, 0.717) is 30.7 Å². The van der Waals surface area contributed by atoms with Crippen molar-refractivity contribution in [2.24, 2.45) is 11.8 Å². The number of hydrogen-bond donors (Lipinski definition) is 1. The summed E-state index contributed by atoms with van der Waals surface area (Å²) in [6, 6.07) is 5.80. The van der Waals surface area contributed by atoms with Gasteiger partial charge >= 0.3 is 6.03 Å². The molecule has 3 fully saturated rings. The summed E-state index contributed by atoms with van der Waals surface area (Å²) in [6.07, 6.45) is 3.09. The van der Waals surface area contributed by atoms with Crippen molar-refractivity contribution in [1.82, 2.24) is 4.90 Å². The van der Waals surface area contributed by atoms with Gasteiger partial charge in [-0.15, -0.1) is 0 Å². The summed E-state index contributed by atoms with van der Waals surface area (Å²) in [5.41, 5.74) is 1.87. The Hall–Kier alpha value is -1.75. The van der Waals surface area contributed by atoms with Crippen molar-refractivity contribution in [2.75, 3.05) is 25.0 Å². The molecule has 5 heteroatoms. The largest absolute Gasteiger partial charge is 0.494 e. The van der Waals surface area contributed by atoms with E-state index in [0.717, 1.165) is 42.9 Å². The van der Waals surface area contributed by atoms with Crippen LogP contribution in [0.25, 0.3) is 0 Å². The number of likely N-dealkylation sites (tertiary alicyclic amines) is 1. The van der Waals surface area contributed by atoms with Crippen LogP contribution in [0, 0.1) is 18.8 Å². The smallest absolute Gasteiger partial charge is 0.321 e. The summed E-state index contributed by atoms with van der Waals surface area (Å²) in [5.74, 6) is 1.91. The zero-order chi connectivity index (χ0) is 16.0. The summed E-state index contributed by atoms with van der Waals surface area (Å²) in [5, 5.41) is 3.02. The van der Waals surface area contributed by atoms with Crippen molar-refractivity contribution in [3.63, 3.8) is 0 Å². The Morgan fingerprint density at radius 3 is 2.65 bits per heavy atom. The number of nitrogens with zero attached hydrogens (tertiary/aromatic N) is 1. The number of amides is 2. The van der Waals surface area contributed by atoms with Gasteiger partial charge in [0.1, 0.15) is 5.75 Å². The van der Waals surface area contributed by atoms with E-state index in [1.165, 1.54) is 0 Å². The van der Waals surface area contributed by atoms with Crippen LogP contribution in [-0.4, -0.2) is 42.8 Å². The first kappa shape index (κ1) is 14.8. The fourth-order valence-corrected chi connectivity index (χ4v) is 4.32. The van der Waals surface area contributed by atoms with Crippen LogP contribution in [0.1, 0.15) is 25.3 Å². The summed E-state index contributed by atoms with van der Waals surface area (Å²) in [4.78, 5) is 14.5. The van der Waals surface area contributed by atoms with Crippen LogP contribution < -0.4 is 10.1 Å². The Morgan fingerprint density at radius 2 is 2.00 bits per heavy atom. The molecule has 3 aliphatic rings. The average molecular weight is 316 g/mol. The second-order valence-electron chi connectivity index (χ2n) is 6.87. The topological polar surface area (TPSA) is 50.8 Å². The second kappa shape index (κ2) is 5.71. The van der Waals surface area contributed by atoms with Gasteiger partial charge in [0.05, 0.1) is 18.8 Å². The molecule has 0 spiro atoms. The Kier molecular flexibility index (Phi) is 3.68. The van der Waals surface area contributed by atoms with Crippen molar-refractivity contribution >= 4 is 11.7 Å². The molecule has 0 aliphatic carbocycles. The molecule has 4 rings (SSSR count). The van der Waals surface area contributed by atoms with Gasteiger partial charge in [-0.3, -0.25) is 0 Å². The number of carbonyl (C=O) groups is 1. The third-order valence-electron chi connectivity index (χ3n) is 5.48. The molecule has 124 valence electrons. The van der Waals surface area contributed by atoms with Crippen molar-refractivity contribution < 1.29 is 14.3 Å². The molecule has 23 heavy (non-hydrogen) atoms. The van der Waals surface area contributed by atoms with Gasteiger partial charge in [-0.1, -0.05) is 6.07 Å². The molecule has 3 heterocycles. The van der Waals surface area contributed by atoms with Crippen molar-refractivity contribution in [3.8, 4) is 5.75 Å². The molecule has 1 N–H and O–H groups in total. The average Bonchev–Trinajstić information content (AvgIpc) is 3.22. The highest BCUT2D eigenvalue weighted by atomic mass is 16.5. The standard InChI is InChI=1S/C18H24N2O3/c1-3-22-17-8-12(5-4-11(17)2)19-18(21)20-9-13-14(10-20)16-7-6-15(13)23-16/h4-5,8,13-16H,3,6-7,9-10H2,1-2H3,(H,19,21)/t13-,14+,15-,16-/m1/s1. The number of rotatable bonds is 3. The number of aryl methyl sites for hydroxylation is 1. The molecule has 2 bridgehead atoms. The highest BCUT2D eigenvalue weighted by Crippen LogP contribution is 2.47. The van der Waals surface area contributed by atoms with Gasteiger partial charge in [-0.2, -0.15) is 0 Å². The zero-order valence-corrected chi connectivity index (χ0v) is 13.7. The predicted molar refractivity (Wildman–Crippen MR) is 87.8 cm³/mol. The Balaban J connectivity index is 1.42. The van der Waals surface area contributed by atoms with Crippen LogP contribution in [0.3, 0.4) is 0 Å². The van der Waals surface area contributed by atoms with Crippen LogP contribution in [0.2, 0.25) is 0 Å². The lowest BCUT2D eigenvalue weighted by molar-refractivity contribution is 0.0747. The van der Waals surface area contributed by atoms with Crippen molar-refractivity contribution in [1.29, 1.82) is 0 Å². The minimum Gasteiger partial charge on any atom is -0.494 e. The number of nitrogens with one attached hydrogen (secondary N) is 1. The lowest BCUT2D eigenvalue weighted by Gasteiger charge is -2.20. The van der Waals surface area contributed by atoms with Crippen LogP contribution >= 0.6 is 0 Å². The molecular weight excluding hydrogens is 292 g/mol. The summed E-state index contributed by atoms with van der Waals surface area (Å²) >= 11 is 0. The van der Waals surface area contributed by atoms with E-state index in [1.54, 1.807) is 0 Å². The van der Waals surface area contributed by atoms with E-state index in [9.17, 15) is 4.79 Å². The fraction of sp³-hybridized carbons (Fsp3) is 0.611. The molecule has 4 atom stereocenters. The second-order valence-corrected chi connectivity index (χ2v) is 6.87. The first-order valence-corrected chi connectivity index (χ1v) is 8.60. The summed E-state index contributed by atoms with van der Waals surface area (Å²) < 4.78 is 11.6. The minimum atomic E-state index is -0.00917. The van der Waals surface area contributed by atoms with E-state index in [-0.39, 0.29) is 6.03 Å². The first-order chi connectivity index (χ1) is 11.2. The van der Waals surface area contributed by atoms with E-state index in [4.69, 9.17) is 9.47 Å². The maximum atomic E-state index is 12.6.